The quantitative estimate of drug-likeness (QED) is 0.740. The summed E-state index contributed by atoms with van der Waals surface area (Å²) in [5, 5.41) is 0. The number of hydrogen-bond donors (Lipinski definition) is 0. The zero-order chi connectivity index (χ0) is 13.0. The summed E-state index contributed by atoms with van der Waals surface area (Å²) in [7, 11) is 0. The van der Waals surface area contributed by atoms with Gasteiger partial charge in [0.1, 0.15) is 5.75 Å². The highest BCUT2D eigenvalue weighted by atomic mass is 79.9. The SMILES string of the molecule is O=COc1ccc(Br)cc1Oc1cccc(Br)c1. The summed E-state index contributed by atoms with van der Waals surface area (Å²) in [5.41, 5.74) is 0. The predicted molar refractivity (Wildman–Crippen MR) is 75.1 cm³/mol. The molecule has 18 heavy (non-hydrogen) atoms. The first-order valence-electron chi connectivity index (χ1n) is 5.02. The van der Waals surface area contributed by atoms with Gasteiger partial charge in [-0.15, -0.1) is 0 Å². The molecule has 0 N–H and O–H groups in total. The monoisotopic (exact) mass is 370 g/mol. The van der Waals surface area contributed by atoms with Crippen LogP contribution >= 0.6 is 31.9 Å². The topological polar surface area (TPSA) is 35.5 Å². The second kappa shape index (κ2) is 6.02. The molecule has 0 fully saturated rings. The first kappa shape index (κ1) is 13.1. The van der Waals surface area contributed by atoms with Gasteiger partial charge in [-0.2, -0.15) is 0 Å². The summed E-state index contributed by atoms with van der Waals surface area (Å²) < 4.78 is 12.3. The van der Waals surface area contributed by atoms with Crippen LogP contribution in [0.25, 0.3) is 0 Å². The average molecular weight is 372 g/mol. The first-order valence-corrected chi connectivity index (χ1v) is 6.61. The number of rotatable bonds is 4. The van der Waals surface area contributed by atoms with Crippen LogP contribution in [0.3, 0.4) is 0 Å². The molecule has 0 atom stereocenters. The molecule has 0 bridgehead atoms. The van der Waals surface area contributed by atoms with Crippen molar-refractivity contribution in [2.24, 2.45) is 0 Å². The molecule has 3 nitrogen and oxygen atoms in total. The first-order chi connectivity index (χ1) is 8.69. The molecular weight excluding hydrogens is 364 g/mol. The fraction of sp³-hybridized carbons (Fsp3) is 0. The van der Waals surface area contributed by atoms with Gasteiger partial charge in [0, 0.05) is 8.95 Å². The van der Waals surface area contributed by atoms with Gasteiger partial charge >= 0.3 is 0 Å². The molecule has 0 radical (unpaired) electrons. The lowest BCUT2D eigenvalue weighted by Gasteiger charge is -2.10. The largest absolute Gasteiger partial charge is 0.453 e. The van der Waals surface area contributed by atoms with Crippen molar-refractivity contribution in [1.82, 2.24) is 0 Å². The second-order valence-corrected chi connectivity index (χ2v) is 5.20. The smallest absolute Gasteiger partial charge is 0.298 e. The van der Waals surface area contributed by atoms with Gasteiger partial charge in [0.05, 0.1) is 0 Å². The maximum absolute atomic E-state index is 10.4. The lowest BCUT2D eigenvalue weighted by atomic mass is 10.3. The summed E-state index contributed by atoms with van der Waals surface area (Å²) in [6.45, 7) is 0.372. The van der Waals surface area contributed by atoms with E-state index in [1.165, 1.54) is 0 Å². The van der Waals surface area contributed by atoms with E-state index in [0.29, 0.717) is 23.7 Å². The lowest BCUT2D eigenvalue weighted by molar-refractivity contribution is -0.120. The van der Waals surface area contributed by atoms with Crippen LogP contribution < -0.4 is 9.47 Å². The molecule has 0 aromatic heterocycles. The third kappa shape index (κ3) is 3.34. The van der Waals surface area contributed by atoms with Gasteiger partial charge in [-0.05, 0) is 36.4 Å². The Bertz CT molecular complexity index is 570. The van der Waals surface area contributed by atoms with E-state index < -0.39 is 0 Å². The lowest BCUT2D eigenvalue weighted by Crippen LogP contribution is -1.93. The summed E-state index contributed by atoms with van der Waals surface area (Å²) >= 11 is 6.70. The number of benzene rings is 2. The maximum Gasteiger partial charge on any atom is 0.298 e. The van der Waals surface area contributed by atoms with E-state index in [2.05, 4.69) is 31.9 Å². The number of carbonyl (C=O) groups is 1. The normalized spacial score (nSPS) is 9.89. The van der Waals surface area contributed by atoms with Crippen LogP contribution in [0.1, 0.15) is 0 Å². The Morgan fingerprint density at radius 3 is 2.44 bits per heavy atom. The van der Waals surface area contributed by atoms with Crippen LogP contribution in [0, 0.1) is 0 Å². The molecule has 0 saturated heterocycles. The van der Waals surface area contributed by atoms with Crippen molar-refractivity contribution in [3.8, 4) is 17.2 Å². The highest BCUT2D eigenvalue weighted by molar-refractivity contribution is 9.10. The molecular formula is C13H8Br2O3. The van der Waals surface area contributed by atoms with Crippen molar-refractivity contribution in [1.29, 1.82) is 0 Å². The van der Waals surface area contributed by atoms with Crippen molar-refractivity contribution < 1.29 is 14.3 Å². The van der Waals surface area contributed by atoms with Crippen LogP contribution in [-0.4, -0.2) is 6.47 Å². The Kier molecular flexibility index (Phi) is 4.38. The highest BCUT2D eigenvalue weighted by Gasteiger charge is 2.07. The zero-order valence-electron chi connectivity index (χ0n) is 9.10. The molecule has 2 aromatic carbocycles. The third-order valence-electron chi connectivity index (χ3n) is 2.10. The predicted octanol–water partition coefficient (Wildman–Crippen LogP) is 4.54. The Hall–Kier alpha value is -1.33. The molecule has 0 heterocycles. The van der Waals surface area contributed by atoms with Gasteiger partial charge in [0.2, 0.25) is 0 Å². The molecule has 0 spiro atoms. The van der Waals surface area contributed by atoms with Crippen LogP contribution in [0.4, 0.5) is 0 Å². The van der Waals surface area contributed by atoms with Gasteiger partial charge in [-0.25, -0.2) is 0 Å². The molecule has 92 valence electrons. The minimum absolute atomic E-state index is 0.369. The van der Waals surface area contributed by atoms with E-state index >= 15 is 0 Å². The fourth-order valence-corrected chi connectivity index (χ4v) is 2.09. The summed E-state index contributed by atoms with van der Waals surface area (Å²) in [5.74, 6) is 1.49. The number of carbonyl (C=O) groups excluding carboxylic acids is 1. The van der Waals surface area contributed by atoms with Gasteiger partial charge < -0.3 is 9.47 Å². The van der Waals surface area contributed by atoms with Gasteiger partial charge in [-0.3, -0.25) is 4.79 Å². The van der Waals surface area contributed by atoms with E-state index in [-0.39, 0.29) is 0 Å². The molecule has 2 aromatic rings. The van der Waals surface area contributed by atoms with Crippen molar-refractivity contribution in [3.63, 3.8) is 0 Å². The van der Waals surface area contributed by atoms with Crippen LogP contribution in [0.2, 0.25) is 0 Å². The van der Waals surface area contributed by atoms with E-state index in [9.17, 15) is 4.79 Å². The number of hydrogen-bond acceptors (Lipinski definition) is 3. The molecule has 0 aliphatic rings. The van der Waals surface area contributed by atoms with E-state index in [0.717, 1.165) is 8.95 Å². The summed E-state index contributed by atoms with van der Waals surface area (Å²) in [6.07, 6.45) is 0. The maximum atomic E-state index is 10.4. The van der Waals surface area contributed by atoms with Crippen molar-refractivity contribution in [2.45, 2.75) is 0 Å². The minimum Gasteiger partial charge on any atom is -0.453 e. The van der Waals surface area contributed by atoms with Crippen molar-refractivity contribution in [3.05, 3.63) is 51.4 Å². The average Bonchev–Trinajstić information content (AvgIpc) is 2.33. The molecule has 0 saturated carbocycles. The Balaban J connectivity index is 2.32. The van der Waals surface area contributed by atoms with E-state index in [1.807, 2.05) is 24.3 Å². The van der Waals surface area contributed by atoms with Crippen molar-refractivity contribution in [2.75, 3.05) is 0 Å². The van der Waals surface area contributed by atoms with E-state index in [1.54, 1.807) is 18.2 Å². The summed E-state index contributed by atoms with van der Waals surface area (Å²) in [6, 6.07) is 12.6. The van der Waals surface area contributed by atoms with Crippen molar-refractivity contribution >= 4 is 38.3 Å². The molecule has 0 unspecified atom stereocenters. The summed E-state index contributed by atoms with van der Waals surface area (Å²) in [4.78, 5) is 10.4. The molecule has 5 heteroatoms. The highest BCUT2D eigenvalue weighted by Crippen LogP contribution is 2.34. The molecule has 2 rings (SSSR count). The molecule has 0 aliphatic heterocycles. The van der Waals surface area contributed by atoms with Gasteiger partial charge in [0.15, 0.2) is 11.5 Å². The Labute approximate surface area is 121 Å². The fourth-order valence-electron chi connectivity index (χ4n) is 1.37. The third-order valence-corrected chi connectivity index (χ3v) is 3.09. The van der Waals surface area contributed by atoms with Gasteiger partial charge in [-0.1, -0.05) is 37.9 Å². The van der Waals surface area contributed by atoms with E-state index in [4.69, 9.17) is 9.47 Å². The molecule has 0 amide bonds. The second-order valence-electron chi connectivity index (χ2n) is 3.36. The zero-order valence-corrected chi connectivity index (χ0v) is 12.3. The number of halogens is 2. The Morgan fingerprint density at radius 1 is 0.944 bits per heavy atom. The van der Waals surface area contributed by atoms with Gasteiger partial charge in [0.25, 0.3) is 6.47 Å². The standard InChI is InChI=1S/C13H8Br2O3/c14-9-2-1-3-11(6-9)18-13-7-10(15)4-5-12(13)17-8-16/h1-8H. The number of ether oxygens (including phenoxy) is 2. The van der Waals surface area contributed by atoms with Crippen LogP contribution in [0.15, 0.2) is 51.4 Å². The minimum atomic E-state index is 0.369. The van der Waals surface area contributed by atoms with Crippen LogP contribution in [0.5, 0.6) is 17.2 Å². The Morgan fingerprint density at radius 2 is 1.72 bits per heavy atom. The molecule has 0 aliphatic carbocycles. The van der Waals surface area contributed by atoms with Crippen LogP contribution in [-0.2, 0) is 4.79 Å².